The number of anilines is 3. The molecule has 0 atom stereocenters. The first-order chi connectivity index (χ1) is 37.5. The molecule has 0 saturated carbocycles. The summed E-state index contributed by atoms with van der Waals surface area (Å²) in [5.74, 6) is -2.24. The molecule has 0 amide bonds. The molecule has 8 aromatic rings. The van der Waals surface area contributed by atoms with Gasteiger partial charge in [0.05, 0.1) is 39.8 Å². The van der Waals surface area contributed by atoms with Crippen LogP contribution < -0.4 is 18.9 Å². The van der Waals surface area contributed by atoms with Gasteiger partial charge in [-0.05, 0) is 193 Å². The van der Waals surface area contributed by atoms with Crippen molar-refractivity contribution in [2.24, 2.45) is 0 Å². The molecule has 20 heteroatoms. The van der Waals surface area contributed by atoms with Crippen molar-refractivity contribution in [1.29, 1.82) is 0 Å². The van der Waals surface area contributed by atoms with Crippen molar-refractivity contribution in [1.82, 2.24) is 0 Å². The molecule has 16 nitrogen and oxygen atoms in total. The van der Waals surface area contributed by atoms with Gasteiger partial charge in [0.1, 0.15) is 5.75 Å². The Balaban J connectivity index is 0.000000193. The first kappa shape index (κ1) is 59.7. The van der Waals surface area contributed by atoms with Crippen LogP contribution in [0.1, 0.15) is 64.5 Å². The highest BCUT2D eigenvalue weighted by molar-refractivity contribution is 7.93. The molecule has 0 aromatic heterocycles. The van der Waals surface area contributed by atoms with E-state index in [9.17, 15) is 39.6 Å². The maximum Gasteiger partial charge on any atom is 0.335 e. The molecule has 6 N–H and O–H groups in total. The topological polar surface area (TPSA) is 260 Å². The first-order valence-electron chi connectivity index (χ1n) is 24.2. The predicted octanol–water partition coefficient (Wildman–Crippen LogP) is 11.1. The largest absolute Gasteiger partial charge is 0.497 e. The summed E-state index contributed by atoms with van der Waals surface area (Å²) < 4.78 is 84.6. The van der Waals surface area contributed by atoms with E-state index in [2.05, 4.69) is 14.2 Å². The zero-order valence-corrected chi connectivity index (χ0v) is 46.0. The van der Waals surface area contributed by atoms with Crippen molar-refractivity contribution in [3.63, 3.8) is 0 Å². The highest BCUT2D eigenvalue weighted by Crippen LogP contribution is 2.23. The fourth-order valence-electron chi connectivity index (χ4n) is 7.67. The Hall–Kier alpha value is -8.49. The molecule has 8 rings (SSSR count). The molecule has 410 valence electrons. The molecule has 0 bridgehead atoms. The standard InChI is InChI=1S/C22H21NO5S.C21H18ClNO4S.C16H17NO4S/c1-28-20-11-13-21(14-12-20)29(26,27)23-19-9-7-16(8-10-19)5-6-17-3-2-4-18(15-17)22(24)25;22-18-8-12-20(13-9-18)28(26,27)23-19-10-6-15(7-11-19)4-5-16-2-1-3-17(14-16)21(24)25;1-22(20,21)17-15-9-7-12(8-10-15)5-6-13-3-2-4-14(11-13)16(18)19/h2-4,7-15,23H,5-6H2,1H3,(H,24,25);1-3,6-14,23H,4-5H2,(H,24,25);2-4,7-11,17H,5-6H2,1H3,(H,18,19). The average molecular weight is 1150 g/mol. The van der Waals surface area contributed by atoms with Gasteiger partial charge in [-0.25, -0.2) is 39.6 Å². The van der Waals surface area contributed by atoms with E-state index in [-0.39, 0.29) is 26.5 Å². The molecular formula is C59H56ClN3O13S3. The summed E-state index contributed by atoms with van der Waals surface area (Å²) >= 11 is 5.79. The average Bonchev–Trinajstić information content (AvgIpc) is 3.43. The van der Waals surface area contributed by atoms with Gasteiger partial charge < -0.3 is 20.1 Å². The van der Waals surface area contributed by atoms with E-state index < -0.39 is 48.0 Å². The monoisotopic (exact) mass is 1150 g/mol. The van der Waals surface area contributed by atoms with Crippen LogP contribution in [0.25, 0.3) is 0 Å². The number of rotatable bonds is 21. The minimum atomic E-state index is -3.68. The summed E-state index contributed by atoms with van der Waals surface area (Å²) in [7, 11) is -9.10. The second-order valence-corrected chi connectivity index (χ2v) is 23.4. The molecule has 0 heterocycles. The van der Waals surface area contributed by atoms with Gasteiger partial charge in [-0.3, -0.25) is 14.2 Å². The fraction of sp³-hybridized carbons (Fsp3) is 0.136. The molecule has 0 fully saturated rings. The number of nitrogens with one attached hydrogen (secondary N) is 3. The summed E-state index contributed by atoms with van der Waals surface area (Å²) in [4.78, 5) is 33.3. The molecule has 0 aliphatic heterocycles. The van der Waals surface area contributed by atoms with Crippen molar-refractivity contribution >= 4 is 76.6 Å². The Kier molecular flexibility index (Phi) is 21.0. The number of benzene rings is 8. The second-order valence-electron chi connectivity index (χ2n) is 17.8. The Morgan fingerprint density at radius 1 is 0.405 bits per heavy atom. The van der Waals surface area contributed by atoms with E-state index in [4.69, 9.17) is 31.7 Å². The Bertz CT molecular complexity index is 3710. The number of halogens is 1. The van der Waals surface area contributed by atoms with Crippen LogP contribution in [-0.2, 0) is 68.6 Å². The number of sulfonamides is 3. The molecule has 0 spiro atoms. The van der Waals surface area contributed by atoms with Crippen molar-refractivity contribution in [2.75, 3.05) is 27.5 Å². The van der Waals surface area contributed by atoms with Crippen LogP contribution >= 0.6 is 11.6 Å². The number of ether oxygens (including phenoxy) is 1. The summed E-state index contributed by atoms with van der Waals surface area (Å²) in [5, 5.41) is 27.5. The van der Waals surface area contributed by atoms with Crippen LogP contribution in [0, 0.1) is 0 Å². The number of aromatic carboxylic acids is 3. The van der Waals surface area contributed by atoms with Gasteiger partial charge in [0, 0.05) is 22.1 Å². The van der Waals surface area contributed by atoms with Crippen molar-refractivity contribution < 1.29 is 59.7 Å². The van der Waals surface area contributed by atoms with Gasteiger partial charge >= 0.3 is 17.9 Å². The van der Waals surface area contributed by atoms with Crippen LogP contribution in [0.2, 0.25) is 5.02 Å². The molecule has 0 saturated heterocycles. The molecule has 79 heavy (non-hydrogen) atoms. The Morgan fingerprint density at radius 3 is 0.987 bits per heavy atom. The number of aryl methyl sites for hydroxylation is 6. The van der Waals surface area contributed by atoms with E-state index in [0.29, 0.717) is 53.5 Å². The van der Waals surface area contributed by atoms with Crippen molar-refractivity contribution in [3.05, 3.63) is 249 Å². The van der Waals surface area contributed by atoms with E-state index in [1.165, 1.54) is 43.5 Å². The maximum atomic E-state index is 12.5. The van der Waals surface area contributed by atoms with E-state index in [1.807, 2.05) is 54.6 Å². The van der Waals surface area contributed by atoms with Crippen molar-refractivity contribution in [2.45, 2.75) is 48.3 Å². The van der Waals surface area contributed by atoms with Gasteiger partial charge in [0.2, 0.25) is 10.0 Å². The quantitative estimate of drug-likeness (QED) is 0.0392. The van der Waals surface area contributed by atoms with Gasteiger partial charge in [0.25, 0.3) is 20.0 Å². The highest BCUT2D eigenvalue weighted by atomic mass is 35.5. The zero-order chi connectivity index (χ0) is 57.2. The van der Waals surface area contributed by atoms with Crippen LogP contribution in [0.4, 0.5) is 17.1 Å². The number of methoxy groups -OCH3 is 1. The fourth-order valence-corrected chi connectivity index (χ4v) is 10.5. The summed E-state index contributed by atoms with van der Waals surface area (Å²) in [6.45, 7) is 0. The summed E-state index contributed by atoms with van der Waals surface area (Å²) in [5.41, 5.74) is 8.22. The lowest BCUT2D eigenvalue weighted by Gasteiger charge is -2.10. The minimum absolute atomic E-state index is 0.138. The minimum Gasteiger partial charge on any atom is -0.497 e. The third-order valence-corrected chi connectivity index (χ3v) is 15.4. The lowest BCUT2D eigenvalue weighted by Crippen LogP contribution is -2.12. The van der Waals surface area contributed by atoms with Crippen LogP contribution in [-0.4, -0.2) is 71.8 Å². The third kappa shape index (κ3) is 19.5. The molecule has 8 aromatic carbocycles. The Labute approximate surface area is 464 Å². The van der Waals surface area contributed by atoms with Crippen LogP contribution in [0.15, 0.2) is 204 Å². The summed E-state index contributed by atoms with van der Waals surface area (Å²) in [6, 6.07) is 54.1. The lowest BCUT2D eigenvalue weighted by molar-refractivity contribution is 0.0686. The maximum absolute atomic E-state index is 12.5. The molecule has 0 aliphatic carbocycles. The van der Waals surface area contributed by atoms with Crippen LogP contribution in [0.5, 0.6) is 5.75 Å². The number of hydrogen-bond donors (Lipinski definition) is 6. The number of carbonyl (C=O) groups is 3. The number of hydrogen-bond acceptors (Lipinski definition) is 10. The van der Waals surface area contributed by atoms with Gasteiger partial charge in [0.15, 0.2) is 0 Å². The number of carboxylic acid groups (broad SMARTS) is 3. The first-order valence-corrected chi connectivity index (χ1v) is 29.4. The molecule has 0 unspecified atom stereocenters. The molecule has 0 aliphatic rings. The van der Waals surface area contributed by atoms with E-state index in [0.717, 1.165) is 52.5 Å². The van der Waals surface area contributed by atoms with Gasteiger partial charge in [-0.2, -0.15) is 0 Å². The molecular weight excluding hydrogens is 1090 g/mol. The second kappa shape index (κ2) is 27.7. The van der Waals surface area contributed by atoms with Gasteiger partial charge in [-0.15, -0.1) is 0 Å². The van der Waals surface area contributed by atoms with E-state index in [1.54, 1.807) is 103 Å². The zero-order valence-electron chi connectivity index (χ0n) is 42.7. The predicted molar refractivity (Wildman–Crippen MR) is 306 cm³/mol. The smallest absolute Gasteiger partial charge is 0.335 e. The van der Waals surface area contributed by atoms with Gasteiger partial charge in [-0.1, -0.05) is 84.4 Å². The summed E-state index contributed by atoms with van der Waals surface area (Å²) in [6.07, 6.45) is 5.40. The Morgan fingerprint density at radius 2 is 0.696 bits per heavy atom. The van der Waals surface area contributed by atoms with Crippen molar-refractivity contribution in [3.8, 4) is 5.75 Å². The van der Waals surface area contributed by atoms with Crippen LogP contribution in [0.3, 0.4) is 0 Å². The third-order valence-electron chi connectivity index (χ3n) is 11.8. The lowest BCUT2D eigenvalue weighted by atomic mass is 10.0. The SMILES string of the molecule is COc1ccc(S(=O)(=O)Nc2ccc(CCc3cccc(C(=O)O)c3)cc2)cc1.CS(=O)(=O)Nc1ccc(CCc2cccc(C(=O)O)c2)cc1.O=C(O)c1cccc(CCc2ccc(NS(=O)(=O)c3ccc(Cl)cc3)cc2)c1. The highest BCUT2D eigenvalue weighted by Gasteiger charge is 2.16. The number of carboxylic acids is 3. The molecule has 0 radical (unpaired) electrons. The normalized spacial score (nSPS) is 11.1. The van der Waals surface area contributed by atoms with E-state index >= 15 is 0 Å².